The SMILES string of the molecule is O=C(Nc1ccc(S(=O)(=O)c2cccc(C(F)(F)F)c2)cn1)C1CC1c1cccnc1. The third kappa shape index (κ3) is 4.43. The summed E-state index contributed by atoms with van der Waals surface area (Å²) in [5, 5.41) is 2.64. The molecule has 0 bridgehead atoms. The van der Waals surface area contributed by atoms with Crippen LogP contribution in [0.4, 0.5) is 19.0 Å². The van der Waals surface area contributed by atoms with Gasteiger partial charge in [-0.3, -0.25) is 9.78 Å². The fourth-order valence-corrected chi connectivity index (χ4v) is 4.51. The van der Waals surface area contributed by atoms with Crippen LogP contribution >= 0.6 is 0 Å². The zero-order valence-electron chi connectivity index (χ0n) is 15.9. The number of alkyl halides is 3. The van der Waals surface area contributed by atoms with Gasteiger partial charge in [-0.25, -0.2) is 13.4 Å². The number of carbonyl (C=O) groups is 1. The Kier molecular flexibility index (Phi) is 5.26. The van der Waals surface area contributed by atoms with Gasteiger partial charge in [0.2, 0.25) is 15.7 Å². The second kappa shape index (κ2) is 7.77. The molecule has 4 rings (SSSR count). The predicted octanol–water partition coefficient (Wildman–Crippen LogP) is 4.07. The van der Waals surface area contributed by atoms with Gasteiger partial charge in [-0.2, -0.15) is 13.2 Å². The second-order valence-electron chi connectivity index (χ2n) is 7.13. The maximum absolute atomic E-state index is 12.9. The summed E-state index contributed by atoms with van der Waals surface area (Å²) < 4.78 is 64.0. The molecule has 3 aromatic rings. The van der Waals surface area contributed by atoms with Crippen LogP contribution in [0.15, 0.2) is 76.9 Å². The van der Waals surface area contributed by atoms with Crippen molar-refractivity contribution in [3.05, 3.63) is 78.2 Å². The number of hydrogen-bond donors (Lipinski definition) is 1. The lowest BCUT2D eigenvalue weighted by Gasteiger charge is -2.10. The van der Waals surface area contributed by atoms with Gasteiger partial charge in [-0.1, -0.05) is 12.1 Å². The number of sulfone groups is 1. The molecule has 1 amide bonds. The Morgan fingerprint density at radius 1 is 1.03 bits per heavy atom. The van der Waals surface area contributed by atoms with Crippen LogP contribution in [0.1, 0.15) is 23.5 Å². The molecule has 0 radical (unpaired) electrons. The Bertz CT molecular complexity index is 1210. The lowest BCUT2D eigenvalue weighted by atomic mass is 10.1. The van der Waals surface area contributed by atoms with Crippen molar-refractivity contribution in [3.63, 3.8) is 0 Å². The quantitative estimate of drug-likeness (QED) is 0.637. The summed E-state index contributed by atoms with van der Waals surface area (Å²) in [6, 6.07) is 9.70. The number of hydrogen-bond acceptors (Lipinski definition) is 5. The van der Waals surface area contributed by atoms with E-state index in [1.807, 2.05) is 6.07 Å². The van der Waals surface area contributed by atoms with Crippen LogP contribution in [0, 0.1) is 5.92 Å². The summed E-state index contributed by atoms with van der Waals surface area (Å²) in [7, 11) is -4.20. The number of amides is 1. The van der Waals surface area contributed by atoms with Crippen molar-refractivity contribution in [2.75, 3.05) is 5.32 Å². The molecule has 0 aliphatic heterocycles. The van der Waals surface area contributed by atoms with E-state index in [9.17, 15) is 26.4 Å². The van der Waals surface area contributed by atoms with Crippen molar-refractivity contribution in [1.82, 2.24) is 9.97 Å². The minimum absolute atomic E-state index is 0.0780. The molecule has 1 fully saturated rings. The number of halogens is 3. The Morgan fingerprint density at radius 3 is 2.48 bits per heavy atom. The standard InChI is InChI=1S/C21H16F3N3O3S/c22-21(23,24)14-4-1-5-15(9-14)31(29,30)16-6-7-19(26-12-16)27-20(28)18-10-17(18)13-3-2-8-25-11-13/h1-9,11-12,17-18H,10H2,(H,26,27,28). The number of benzene rings is 1. The highest BCUT2D eigenvalue weighted by Crippen LogP contribution is 2.47. The van der Waals surface area contributed by atoms with Crippen LogP contribution in [-0.2, 0) is 20.8 Å². The molecule has 2 atom stereocenters. The smallest absolute Gasteiger partial charge is 0.310 e. The minimum atomic E-state index is -4.66. The summed E-state index contributed by atoms with van der Waals surface area (Å²) in [5.41, 5.74) is -0.0869. The molecule has 10 heteroatoms. The lowest BCUT2D eigenvalue weighted by Crippen LogP contribution is -2.15. The van der Waals surface area contributed by atoms with Gasteiger partial charge >= 0.3 is 6.18 Å². The Balaban J connectivity index is 1.46. The molecule has 160 valence electrons. The van der Waals surface area contributed by atoms with Gasteiger partial charge in [0.05, 0.1) is 15.4 Å². The highest BCUT2D eigenvalue weighted by atomic mass is 32.2. The highest BCUT2D eigenvalue weighted by molar-refractivity contribution is 7.91. The zero-order chi connectivity index (χ0) is 22.2. The molecule has 2 heterocycles. The van der Waals surface area contributed by atoms with Gasteiger partial charge in [0.25, 0.3) is 0 Å². The molecule has 2 unspecified atom stereocenters. The molecular weight excluding hydrogens is 431 g/mol. The van der Waals surface area contributed by atoms with Crippen LogP contribution < -0.4 is 5.32 Å². The number of carbonyl (C=O) groups excluding carboxylic acids is 1. The second-order valence-corrected chi connectivity index (χ2v) is 9.08. The summed E-state index contributed by atoms with van der Waals surface area (Å²) in [4.78, 5) is 19.6. The van der Waals surface area contributed by atoms with E-state index in [2.05, 4.69) is 15.3 Å². The van der Waals surface area contributed by atoms with E-state index < -0.39 is 26.5 Å². The predicted molar refractivity (Wildman–Crippen MR) is 105 cm³/mol. The molecule has 0 spiro atoms. The third-order valence-corrected chi connectivity index (χ3v) is 6.75. The number of rotatable bonds is 5. The average molecular weight is 447 g/mol. The van der Waals surface area contributed by atoms with Crippen molar-refractivity contribution in [2.24, 2.45) is 5.92 Å². The molecule has 1 aromatic carbocycles. The zero-order valence-corrected chi connectivity index (χ0v) is 16.7. The first-order valence-corrected chi connectivity index (χ1v) is 10.7. The minimum Gasteiger partial charge on any atom is -0.310 e. The number of nitrogens with zero attached hydrogens (tertiary/aromatic N) is 2. The molecular formula is C21H16F3N3O3S. The van der Waals surface area contributed by atoms with Crippen LogP contribution in [0.5, 0.6) is 0 Å². The fourth-order valence-electron chi connectivity index (χ4n) is 3.26. The van der Waals surface area contributed by atoms with Gasteiger partial charge in [-0.15, -0.1) is 0 Å². The summed E-state index contributed by atoms with van der Waals surface area (Å²) >= 11 is 0. The molecule has 6 nitrogen and oxygen atoms in total. The van der Waals surface area contributed by atoms with Crippen molar-refractivity contribution in [2.45, 2.75) is 28.3 Å². The molecule has 0 saturated heterocycles. The summed E-state index contributed by atoms with van der Waals surface area (Å²) in [6.07, 6.45) is 0.397. The van der Waals surface area contributed by atoms with E-state index in [-0.39, 0.29) is 28.5 Å². The van der Waals surface area contributed by atoms with E-state index in [0.29, 0.717) is 12.5 Å². The molecule has 1 N–H and O–H groups in total. The van der Waals surface area contributed by atoms with Crippen LogP contribution in [0.3, 0.4) is 0 Å². The van der Waals surface area contributed by atoms with Gasteiger partial charge in [0.1, 0.15) is 5.82 Å². The first-order chi connectivity index (χ1) is 14.7. The molecule has 1 aliphatic rings. The van der Waals surface area contributed by atoms with Crippen LogP contribution in [0.25, 0.3) is 0 Å². The first-order valence-electron chi connectivity index (χ1n) is 9.25. The Hall–Kier alpha value is -3.27. The van der Waals surface area contributed by atoms with Crippen LogP contribution in [0.2, 0.25) is 0 Å². The number of anilines is 1. The number of aromatic nitrogens is 2. The van der Waals surface area contributed by atoms with E-state index in [1.165, 1.54) is 12.1 Å². The normalized spacial score (nSPS) is 18.4. The van der Waals surface area contributed by atoms with Crippen molar-refractivity contribution in [1.29, 1.82) is 0 Å². The maximum Gasteiger partial charge on any atom is 0.416 e. The molecule has 1 aliphatic carbocycles. The van der Waals surface area contributed by atoms with Crippen LogP contribution in [-0.4, -0.2) is 24.3 Å². The lowest BCUT2D eigenvalue weighted by molar-refractivity contribution is -0.137. The van der Waals surface area contributed by atoms with E-state index in [4.69, 9.17) is 0 Å². The summed E-state index contributed by atoms with van der Waals surface area (Å²) in [5.74, 6) is -0.228. The molecule has 1 saturated carbocycles. The summed E-state index contributed by atoms with van der Waals surface area (Å²) in [6.45, 7) is 0. The van der Waals surface area contributed by atoms with Gasteiger partial charge in [-0.05, 0) is 54.3 Å². The van der Waals surface area contributed by atoms with Crippen molar-refractivity contribution in [3.8, 4) is 0 Å². The van der Waals surface area contributed by atoms with Gasteiger partial charge in [0, 0.05) is 24.5 Å². The van der Waals surface area contributed by atoms with Crippen molar-refractivity contribution < 1.29 is 26.4 Å². The van der Waals surface area contributed by atoms with E-state index in [0.717, 1.165) is 30.0 Å². The Labute approximate surface area is 176 Å². The highest BCUT2D eigenvalue weighted by Gasteiger charge is 2.44. The first kappa shape index (κ1) is 21.0. The molecule has 31 heavy (non-hydrogen) atoms. The monoisotopic (exact) mass is 447 g/mol. The van der Waals surface area contributed by atoms with Gasteiger partial charge in [0.15, 0.2) is 0 Å². The topological polar surface area (TPSA) is 89.0 Å². The largest absolute Gasteiger partial charge is 0.416 e. The average Bonchev–Trinajstić information content (AvgIpc) is 3.55. The fraction of sp³-hybridized carbons (Fsp3) is 0.190. The number of nitrogens with one attached hydrogen (secondary N) is 1. The molecule has 2 aromatic heterocycles. The van der Waals surface area contributed by atoms with Gasteiger partial charge < -0.3 is 5.32 Å². The third-order valence-electron chi connectivity index (χ3n) is 5.01. The maximum atomic E-state index is 12.9. The Morgan fingerprint density at radius 2 is 1.84 bits per heavy atom. The van der Waals surface area contributed by atoms with E-state index in [1.54, 1.807) is 18.5 Å². The number of pyridine rings is 2. The van der Waals surface area contributed by atoms with E-state index >= 15 is 0 Å². The van der Waals surface area contributed by atoms with Crippen molar-refractivity contribution >= 4 is 21.6 Å².